The van der Waals surface area contributed by atoms with E-state index in [0.29, 0.717) is 32.7 Å². The van der Waals surface area contributed by atoms with Crippen LogP contribution >= 0.6 is 34.7 Å². The topological polar surface area (TPSA) is 129 Å². The van der Waals surface area contributed by atoms with Crippen LogP contribution in [0.25, 0.3) is 21.7 Å². The van der Waals surface area contributed by atoms with Crippen LogP contribution in [0.15, 0.2) is 58.9 Å². The van der Waals surface area contributed by atoms with Crippen LogP contribution in [0.2, 0.25) is 5.02 Å². The lowest BCUT2D eigenvalue weighted by Gasteiger charge is -2.13. The molecule has 0 spiro atoms. The minimum atomic E-state index is -0.0967. The molecule has 2 aromatic carbocycles. The summed E-state index contributed by atoms with van der Waals surface area (Å²) in [5.74, 6) is 1.10. The van der Waals surface area contributed by atoms with Gasteiger partial charge in [0.05, 0.1) is 17.9 Å². The number of nitriles is 2. The Bertz CT molecular complexity index is 1430. The van der Waals surface area contributed by atoms with Crippen molar-refractivity contribution in [1.29, 1.82) is 10.5 Å². The zero-order valence-electron chi connectivity index (χ0n) is 20.2. The third-order valence-electron chi connectivity index (χ3n) is 4.92. The summed E-state index contributed by atoms with van der Waals surface area (Å²) < 4.78 is 5.40. The number of aliphatic hydroxyl groups is 1. The molecule has 2 aromatic heterocycles. The van der Waals surface area contributed by atoms with Gasteiger partial charge in [0, 0.05) is 27.3 Å². The number of hydrogen-bond donors (Lipinski definition) is 2. The molecule has 0 bridgehead atoms. The lowest BCUT2D eigenvalue weighted by atomic mass is 9.97. The maximum atomic E-state index is 9.98. The van der Waals surface area contributed by atoms with Crippen molar-refractivity contribution in [2.75, 3.05) is 18.9 Å². The van der Waals surface area contributed by atoms with Gasteiger partial charge in [-0.15, -0.1) is 11.3 Å². The molecule has 10 heteroatoms. The number of aliphatic hydroxyl groups excluding tert-OH is 1. The van der Waals surface area contributed by atoms with Crippen LogP contribution in [-0.4, -0.2) is 28.3 Å². The van der Waals surface area contributed by atoms with Crippen molar-refractivity contribution in [3.63, 3.8) is 0 Å². The number of halogens is 1. The van der Waals surface area contributed by atoms with Gasteiger partial charge in [-0.3, -0.25) is 0 Å². The molecule has 0 aliphatic rings. The van der Waals surface area contributed by atoms with Crippen LogP contribution in [0.4, 0.5) is 5.82 Å². The SMILES string of the molecule is CC.N#Cc1c(N)nc(SCc2csc(-c3ccc(Cl)cc3)n2)c(C#N)c1-c1ccc(OCCO)cc1. The molecule has 188 valence electrons. The number of benzene rings is 2. The van der Waals surface area contributed by atoms with Gasteiger partial charge < -0.3 is 15.6 Å². The Hall–Kier alpha value is -3.60. The van der Waals surface area contributed by atoms with Crippen molar-refractivity contribution < 1.29 is 9.84 Å². The zero-order valence-corrected chi connectivity index (χ0v) is 22.6. The van der Waals surface area contributed by atoms with E-state index in [1.54, 1.807) is 24.3 Å². The first-order valence-corrected chi connectivity index (χ1v) is 13.6. The number of nitrogens with zero attached hydrogens (tertiary/aromatic N) is 4. The molecular formula is C27H24ClN5O2S2. The molecule has 0 unspecified atom stereocenters. The summed E-state index contributed by atoms with van der Waals surface area (Å²) >= 11 is 8.83. The maximum absolute atomic E-state index is 9.98. The second kappa shape index (κ2) is 13.6. The summed E-state index contributed by atoms with van der Waals surface area (Å²) in [5.41, 5.74) is 9.43. The zero-order chi connectivity index (χ0) is 26.8. The van der Waals surface area contributed by atoms with E-state index in [2.05, 4.69) is 22.1 Å². The standard InChI is InChI=1S/C25H18ClN5O2S2.C2H6/c26-17-5-1-16(2-6-17)24-30-18(13-34-24)14-35-25-21(12-28)22(20(11-27)23(29)31-25)15-3-7-19(8-4-15)33-10-9-32;1-2/h1-8,13,32H,9-10,14H2,(H2,29,31);1-2H3. The number of nitrogen functional groups attached to an aromatic ring is 1. The van der Waals surface area contributed by atoms with E-state index in [0.717, 1.165) is 16.3 Å². The molecule has 2 heterocycles. The third kappa shape index (κ3) is 6.79. The number of rotatable bonds is 8. The van der Waals surface area contributed by atoms with E-state index in [9.17, 15) is 10.5 Å². The van der Waals surface area contributed by atoms with E-state index in [1.807, 2.05) is 43.5 Å². The second-order valence-corrected chi connectivity index (χ2v) is 9.45. The molecule has 3 N–H and O–H groups in total. The first-order valence-electron chi connectivity index (χ1n) is 11.3. The van der Waals surface area contributed by atoms with Crippen LogP contribution in [0, 0.1) is 22.7 Å². The third-order valence-corrected chi connectivity index (χ3v) is 7.12. The predicted molar refractivity (Wildman–Crippen MR) is 150 cm³/mol. The quantitative estimate of drug-likeness (QED) is 0.237. The normalized spacial score (nSPS) is 10.1. The molecule has 0 atom stereocenters. The van der Waals surface area contributed by atoms with Crippen LogP contribution in [0.3, 0.4) is 0 Å². The summed E-state index contributed by atoms with van der Waals surface area (Å²) in [6, 6.07) is 18.7. The minimum Gasteiger partial charge on any atom is -0.491 e. The number of anilines is 1. The molecule has 0 aliphatic carbocycles. The highest BCUT2D eigenvalue weighted by atomic mass is 35.5. The molecule has 0 amide bonds. The van der Waals surface area contributed by atoms with Crippen molar-refractivity contribution in [1.82, 2.24) is 9.97 Å². The van der Waals surface area contributed by atoms with Crippen molar-refractivity contribution in [3.8, 4) is 39.6 Å². The van der Waals surface area contributed by atoms with Gasteiger partial charge in [0.1, 0.15) is 45.9 Å². The van der Waals surface area contributed by atoms with Gasteiger partial charge in [0.25, 0.3) is 0 Å². The van der Waals surface area contributed by atoms with Gasteiger partial charge in [-0.05, 0) is 29.8 Å². The highest BCUT2D eigenvalue weighted by Crippen LogP contribution is 2.37. The van der Waals surface area contributed by atoms with Crippen molar-refractivity contribution >= 4 is 40.5 Å². The van der Waals surface area contributed by atoms with E-state index in [4.69, 9.17) is 27.2 Å². The Morgan fingerprint density at radius 1 is 1.00 bits per heavy atom. The summed E-state index contributed by atoms with van der Waals surface area (Å²) in [6.45, 7) is 4.08. The first-order chi connectivity index (χ1) is 18.0. The minimum absolute atomic E-state index is 0.0599. The lowest BCUT2D eigenvalue weighted by Crippen LogP contribution is -2.04. The Labute approximate surface area is 229 Å². The average Bonchev–Trinajstić information content (AvgIpc) is 3.41. The number of nitrogens with two attached hydrogens (primary N) is 1. The Balaban J connectivity index is 0.00000186. The summed E-state index contributed by atoms with van der Waals surface area (Å²) in [6.07, 6.45) is 0. The van der Waals surface area contributed by atoms with Gasteiger partial charge in [-0.1, -0.05) is 61.5 Å². The van der Waals surface area contributed by atoms with Gasteiger partial charge in [0.15, 0.2) is 0 Å². The van der Waals surface area contributed by atoms with Crippen molar-refractivity contribution in [2.24, 2.45) is 0 Å². The molecule has 0 aliphatic heterocycles. The Morgan fingerprint density at radius 3 is 2.27 bits per heavy atom. The lowest BCUT2D eigenvalue weighted by molar-refractivity contribution is 0.201. The van der Waals surface area contributed by atoms with Gasteiger partial charge in [-0.25, -0.2) is 9.97 Å². The van der Waals surface area contributed by atoms with Crippen molar-refractivity contribution in [2.45, 2.75) is 24.6 Å². The summed E-state index contributed by atoms with van der Waals surface area (Å²) in [7, 11) is 0. The number of pyridine rings is 1. The van der Waals surface area contributed by atoms with Gasteiger partial charge >= 0.3 is 0 Å². The number of hydrogen-bond acceptors (Lipinski definition) is 9. The largest absolute Gasteiger partial charge is 0.491 e. The fourth-order valence-corrected chi connectivity index (χ4v) is 5.26. The van der Waals surface area contributed by atoms with Crippen molar-refractivity contribution in [3.05, 3.63) is 75.8 Å². The fraction of sp³-hybridized carbons (Fsp3) is 0.185. The predicted octanol–water partition coefficient (Wildman–Crippen LogP) is 6.54. The van der Waals surface area contributed by atoms with E-state index < -0.39 is 0 Å². The molecule has 0 radical (unpaired) electrons. The molecule has 7 nitrogen and oxygen atoms in total. The fourth-order valence-electron chi connectivity index (χ4n) is 3.31. The van der Waals surface area contributed by atoms with Gasteiger partial charge in [0.2, 0.25) is 0 Å². The molecule has 0 fully saturated rings. The van der Waals surface area contributed by atoms with Crippen LogP contribution in [-0.2, 0) is 5.75 Å². The monoisotopic (exact) mass is 549 g/mol. The first kappa shape index (κ1) is 28.0. The van der Waals surface area contributed by atoms with E-state index >= 15 is 0 Å². The highest BCUT2D eigenvalue weighted by Gasteiger charge is 2.21. The summed E-state index contributed by atoms with van der Waals surface area (Å²) in [5, 5.41) is 32.6. The number of thioether (sulfide) groups is 1. The van der Waals surface area contributed by atoms with Crippen LogP contribution in [0.5, 0.6) is 5.75 Å². The van der Waals surface area contributed by atoms with Crippen LogP contribution in [0.1, 0.15) is 30.7 Å². The second-order valence-electron chi connectivity index (χ2n) is 7.19. The number of aromatic nitrogens is 2. The molecule has 0 saturated carbocycles. The van der Waals surface area contributed by atoms with E-state index in [-0.39, 0.29) is 30.2 Å². The molecular weight excluding hydrogens is 526 g/mol. The van der Waals surface area contributed by atoms with E-state index in [1.165, 1.54) is 23.1 Å². The smallest absolute Gasteiger partial charge is 0.143 e. The number of ether oxygens (including phenoxy) is 1. The molecule has 4 rings (SSSR count). The molecule has 4 aromatic rings. The number of thiazole rings is 1. The Kier molecular flexibility index (Phi) is 10.3. The van der Waals surface area contributed by atoms with Gasteiger partial charge in [-0.2, -0.15) is 10.5 Å². The van der Waals surface area contributed by atoms with Crippen LogP contribution < -0.4 is 10.5 Å². The highest BCUT2D eigenvalue weighted by molar-refractivity contribution is 7.98. The maximum Gasteiger partial charge on any atom is 0.143 e. The molecule has 37 heavy (non-hydrogen) atoms. The average molecular weight is 550 g/mol. The molecule has 0 saturated heterocycles. The summed E-state index contributed by atoms with van der Waals surface area (Å²) in [4.78, 5) is 9.03. The Morgan fingerprint density at radius 2 is 1.65 bits per heavy atom.